The maximum atomic E-state index is 4.29. The van der Waals surface area contributed by atoms with Crippen LogP contribution in [-0.4, -0.2) is 0 Å². The average molecular weight is 172 g/mol. The molecule has 10 heavy (non-hydrogen) atoms. The van der Waals surface area contributed by atoms with Crippen molar-refractivity contribution in [1.29, 1.82) is 0 Å². The van der Waals surface area contributed by atoms with Gasteiger partial charge in [0.1, 0.15) is 0 Å². The molecule has 0 saturated carbocycles. The third-order valence-corrected chi connectivity index (χ3v) is 2.62. The molecule has 0 spiro atoms. The quantitative estimate of drug-likeness (QED) is 0.558. The van der Waals surface area contributed by atoms with Crippen molar-refractivity contribution in [2.75, 3.05) is 0 Å². The van der Waals surface area contributed by atoms with E-state index < -0.39 is 0 Å². The van der Waals surface area contributed by atoms with Crippen molar-refractivity contribution in [3.8, 4) is 0 Å². The first-order chi connectivity index (χ1) is 4.84. The van der Waals surface area contributed by atoms with Gasteiger partial charge in [0.15, 0.2) is 0 Å². The molecular formula is C8H12S2. The smallest absolute Gasteiger partial charge is 0.0129 e. The zero-order valence-corrected chi connectivity index (χ0v) is 7.67. The molecule has 0 amide bonds. The topological polar surface area (TPSA) is 0 Å². The van der Waals surface area contributed by atoms with E-state index in [2.05, 4.69) is 31.3 Å². The molecule has 2 heteroatoms. The van der Waals surface area contributed by atoms with Crippen molar-refractivity contribution in [1.82, 2.24) is 0 Å². The lowest BCUT2D eigenvalue weighted by Gasteiger charge is -2.11. The summed E-state index contributed by atoms with van der Waals surface area (Å²) in [6.07, 6.45) is 7.28. The molecule has 0 aromatic heterocycles. The second-order valence-electron chi connectivity index (χ2n) is 2.49. The first kappa shape index (κ1) is 8.28. The highest BCUT2D eigenvalue weighted by Gasteiger charge is 2.04. The van der Waals surface area contributed by atoms with Gasteiger partial charge in [-0.1, -0.05) is 6.08 Å². The van der Waals surface area contributed by atoms with Gasteiger partial charge in [0.05, 0.1) is 0 Å². The third kappa shape index (κ3) is 2.10. The number of allylic oxidation sites excluding steroid dienone is 2. The van der Waals surface area contributed by atoms with E-state index in [1.165, 1.54) is 31.3 Å². The lowest BCUT2D eigenvalue weighted by molar-refractivity contribution is 0.711. The molecule has 0 atom stereocenters. The van der Waals surface area contributed by atoms with Crippen molar-refractivity contribution >= 4 is 25.3 Å². The summed E-state index contributed by atoms with van der Waals surface area (Å²) < 4.78 is 0. The highest BCUT2D eigenvalue weighted by Crippen LogP contribution is 2.25. The molecule has 0 radical (unpaired) electrons. The van der Waals surface area contributed by atoms with Gasteiger partial charge in [-0.15, -0.1) is 12.6 Å². The Labute approximate surface area is 73.2 Å². The molecule has 1 aliphatic carbocycles. The van der Waals surface area contributed by atoms with Gasteiger partial charge < -0.3 is 0 Å². The minimum Gasteiger partial charge on any atom is -0.150 e. The fourth-order valence-electron chi connectivity index (χ4n) is 1.15. The minimum atomic E-state index is 1.03. The van der Waals surface area contributed by atoms with Gasteiger partial charge in [-0.2, -0.15) is 12.6 Å². The van der Waals surface area contributed by atoms with Gasteiger partial charge >= 0.3 is 0 Å². The Morgan fingerprint density at radius 3 is 2.80 bits per heavy atom. The van der Waals surface area contributed by atoms with Gasteiger partial charge in [0, 0.05) is 4.91 Å². The van der Waals surface area contributed by atoms with E-state index in [0.29, 0.717) is 0 Å². The van der Waals surface area contributed by atoms with Crippen LogP contribution in [0.4, 0.5) is 0 Å². The van der Waals surface area contributed by atoms with Gasteiger partial charge in [-0.05, 0) is 36.7 Å². The molecule has 0 heterocycles. The van der Waals surface area contributed by atoms with Gasteiger partial charge in [-0.25, -0.2) is 0 Å². The van der Waals surface area contributed by atoms with Crippen molar-refractivity contribution in [2.24, 2.45) is 0 Å². The summed E-state index contributed by atoms with van der Waals surface area (Å²) in [4.78, 5) is 1.03. The lowest BCUT2D eigenvalue weighted by atomic mass is 10.00. The van der Waals surface area contributed by atoms with Crippen LogP contribution < -0.4 is 0 Å². The predicted molar refractivity (Wildman–Crippen MR) is 52.6 cm³/mol. The fourth-order valence-corrected chi connectivity index (χ4v) is 1.52. The lowest BCUT2D eigenvalue weighted by Crippen LogP contribution is -1.90. The molecule has 1 aliphatic rings. The number of hydrogen-bond donors (Lipinski definition) is 2. The number of hydrogen-bond acceptors (Lipinski definition) is 2. The molecule has 0 fully saturated rings. The number of thiol groups is 2. The molecule has 0 aromatic rings. The van der Waals surface area contributed by atoms with Gasteiger partial charge in [-0.3, -0.25) is 0 Å². The standard InChI is InChI=1S/C8H12S2/c9-6-8(10)7-4-2-1-3-5-7/h4,6,9-10H,1-3,5H2. The van der Waals surface area contributed by atoms with Crippen LogP contribution in [0.2, 0.25) is 0 Å². The Balaban J connectivity index is 2.62. The third-order valence-electron chi connectivity index (χ3n) is 1.74. The molecule has 1 rings (SSSR count). The first-order valence-corrected chi connectivity index (χ1v) is 4.53. The predicted octanol–water partition coefficient (Wildman–Crippen LogP) is 3.19. The molecular weight excluding hydrogens is 160 g/mol. The van der Waals surface area contributed by atoms with Crippen molar-refractivity contribution in [2.45, 2.75) is 25.7 Å². The van der Waals surface area contributed by atoms with E-state index >= 15 is 0 Å². The van der Waals surface area contributed by atoms with Crippen LogP contribution in [0.25, 0.3) is 0 Å². The second kappa shape index (κ2) is 4.14. The average Bonchev–Trinajstić information content (AvgIpc) is 2.05. The Morgan fingerprint density at radius 2 is 2.30 bits per heavy atom. The van der Waals surface area contributed by atoms with E-state index in [9.17, 15) is 0 Å². The maximum Gasteiger partial charge on any atom is 0.0129 e. The fraction of sp³-hybridized carbons (Fsp3) is 0.500. The van der Waals surface area contributed by atoms with Crippen molar-refractivity contribution in [3.05, 3.63) is 22.0 Å². The Morgan fingerprint density at radius 1 is 1.50 bits per heavy atom. The van der Waals surface area contributed by atoms with E-state index in [0.717, 1.165) is 4.91 Å². The van der Waals surface area contributed by atoms with Crippen LogP contribution in [-0.2, 0) is 0 Å². The van der Waals surface area contributed by atoms with Gasteiger partial charge in [0.25, 0.3) is 0 Å². The van der Waals surface area contributed by atoms with Gasteiger partial charge in [0.2, 0.25) is 0 Å². The monoisotopic (exact) mass is 172 g/mol. The van der Waals surface area contributed by atoms with Crippen molar-refractivity contribution in [3.63, 3.8) is 0 Å². The summed E-state index contributed by atoms with van der Waals surface area (Å²) in [5, 5.41) is 1.76. The Kier molecular flexibility index (Phi) is 3.43. The maximum absolute atomic E-state index is 4.29. The normalized spacial score (nSPS) is 20.6. The summed E-state index contributed by atoms with van der Waals surface area (Å²) in [5.74, 6) is 0. The summed E-state index contributed by atoms with van der Waals surface area (Å²) in [6.45, 7) is 0. The summed E-state index contributed by atoms with van der Waals surface area (Å²) in [7, 11) is 0. The summed E-state index contributed by atoms with van der Waals surface area (Å²) >= 11 is 8.34. The number of rotatable bonds is 1. The van der Waals surface area contributed by atoms with Crippen LogP contribution >= 0.6 is 25.3 Å². The van der Waals surface area contributed by atoms with Crippen LogP contribution in [0.15, 0.2) is 22.0 Å². The van der Waals surface area contributed by atoms with E-state index in [1.807, 2.05) is 0 Å². The SMILES string of the molecule is SC=C(S)C1=CCCCC1. The Bertz CT molecular complexity index is 168. The van der Waals surface area contributed by atoms with E-state index in [1.54, 1.807) is 5.41 Å². The zero-order chi connectivity index (χ0) is 7.40. The largest absolute Gasteiger partial charge is 0.150 e. The van der Waals surface area contributed by atoms with E-state index in [4.69, 9.17) is 0 Å². The molecule has 0 unspecified atom stereocenters. The zero-order valence-electron chi connectivity index (χ0n) is 5.88. The van der Waals surface area contributed by atoms with Crippen LogP contribution in [0, 0.1) is 0 Å². The molecule has 0 aromatic carbocycles. The molecule has 0 saturated heterocycles. The summed E-state index contributed by atoms with van der Waals surface area (Å²) in [5.41, 5.74) is 1.37. The highest BCUT2D eigenvalue weighted by atomic mass is 32.1. The first-order valence-electron chi connectivity index (χ1n) is 3.57. The minimum absolute atomic E-state index is 1.03. The highest BCUT2D eigenvalue weighted by molar-refractivity contribution is 7.88. The molecule has 0 nitrogen and oxygen atoms in total. The molecule has 0 bridgehead atoms. The molecule has 56 valence electrons. The second-order valence-corrected chi connectivity index (χ2v) is 3.23. The molecule has 0 N–H and O–H groups in total. The van der Waals surface area contributed by atoms with Crippen LogP contribution in [0.5, 0.6) is 0 Å². The van der Waals surface area contributed by atoms with Crippen LogP contribution in [0.3, 0.4) is 0 Å². The van der Waals surface area contributed by atoms with Crippen LogP contribution in [0.1, 0.15) is 25.7 Å². The van der Waals surface area contributed by atoms with E-state index in [-0.39, 0.29) is 0 Å². The summed E-state index contributed by atoms with van der Waals surface area (Å²) in [6, 6.07) is 0. The van der Waals surface area contributed by atoms with Crippen molar-refractivity contribution < 1.29 is 0 Å². The Hall–Kier alpha value is 0.180. The molecule has 0 aliphatic heterocycles.